The van der Waals surface area contributed by atoms with Gasteiger partial charge in [-0.3, -0.25) is 4.79 Å². The number of halogens is 1. The van der Waals surface area contributed by atoms with Gasteiger partial charge in [0.1, 0.15) is 17.4 Å². The highest BCUT2D eigenvalue weighted by Crippen LogP contribution is 2.18. The molecule has 1 heterocycles. The van der Waals surface area contributed by atoms with Crippen molar-refractivity contribution >= 4 is 33.6 Å². The Bertz CT molecular complexity index is 496. The predicted molar refractivity (Wildman–Crippen MR) is 76.9 cm³/mol. The molecule has 0 aliphatic rings. The molecule has 0 fully saturated rings. The van der Waals surface area contributed by atoms with E-state index in [1.807, 2.05) is 0 Å². The van der Waals surface area contributed by atoms with Crippen molar-refractivity contribution in [1.29, 1.82) is 0 Å². The number of methoxy groups -OCH3 is 1. The fraction of sp³-hybridized carbons (Fsp3) is 0.417. The van der Waals surface area contributed by atoms with Crippen LogP contribution in [0.15, 0.2) is 16.7 Å². The minimum atomic E-state index is -1.12. The van der Waals surface area contributed by atoms with Crippen molar-refractivity contribution in [3.63, 3.8) is 0 Å². The number of hydrogen-bond donors (Lipinski definition) is 3. The monoisotopic (exact) mass is 345 g/mol. The molecule has 3 N–H and O–H groups in total. The highest BCUT2D eigenvalue weighted by Gasteiger charge is 2.17. The molecule has 0 saturated heterocycles. The number of nitrogens with one attached hydrogen (secondary N) is 2. The van der Waals surface area contributed by atoms with Crippen LogP contribution in [0.25, 0.3) is 0 Å². The first-order valence-electron chi connectivity index (χ1n) is 5.87. The van der Waals surface area contributed by atoms with E-state index < -0.39 is 12.0 Å². The van der Waals surface area contributed by atoms with Crippen molar-refractivity contribution in [2.75, 3.05) is 25.6 Å². The topological polar surface area (TPSA) is 101 Å². The molecule has 20 heavy (non-hydrogen) atoms. The Labute approximate surface area is 124 Å². The van der Waals surface area contributed by atoms with Gasteiger partial charge >= 0.3 is 5.97 Å². The van der Waals surface area contributed by atoms with E-state index in [0.29, 0.717) is 17.6 Å². The van der Waals surface area contributed by atoms with Gasteiger partial charge in [0, 0.05) is 24.3 Å². The summed E-state index contributed by atoms with van der Waals surface area (Å²) in [6.45, 7) is 2.42. The number of pyridine rings is 1. The maximum absolute atomic E-state index is 11.8. The number of rotatable bonds is 7. The van der Waals surface area contributed by atoms with E-state index in [1.165, 1.54) is 12.3 Å². The Morgan fingerprint density at radius 2 is 2.25 bits per heavy atom. The molecular formula is C12H16BrN3O4. The smallest absolute Gasteiger partial charge is 0.339 e. The third kappa shape index (κ3) is 4.78. The summed E-state index contributed by atoms with van der Waals surface area (Å²) in [5.74, 6) is -1.23. The highest BCUT2D eigenvalue weighted by atomic mass is 79.9. The Hall–Kier alpha value is -1.67. The summed E-state index contributed by atoms with van der Waals surface area (Å²) < 4.78 is 5.38. The number of anilines is 1. The van der Waals surface area contributed by atoms with Gasteiger partial charge in [-0.25, -0.2) is 9.78 Å². The van der Waals surface area contributed by atoms with Gasteiger partial charge in [0.05, 0.1) is 6.61 Å². The molecule has 8 heteroatoms. The van der Waals surface area contributed by atoms with Crippen molar-refractivity contribution < 1.29 is 19.4 Å². The van der Waals surface area contributed by atoms with Gasteiger partial charge < -0.3 is 20.5 Å². The number of carboxylic acids is 1. The summed E-state index contributed by atoms with van der Waals surface area (Å²) in [5, 5.41) is 14.5. The molecular weight excluding hydrogens is 330 g/mol. The van der Waals surface area contributed by atoms with E-state index in [-0.39, 0.29) is 17.3 Å². The molecule has 1 rings (SSSR count). The van der Waals surface area contributed by atoms with Crippen LogP contribution in [0.4, 0.5) is 5.82 Å². The molecule has 110 valence electrons. The maximum atomic E-state index is 11.8. The van der Waals surface area contributed by atoms with Crippen molar-refractivity contribution in [2.45, 2.75) is 13.0 Å². The molecule has 1 atom stereocenters. The van der Waals surface area contributed by atoms with Crippen LogP contribution in [-0.4, -0.2) is 48.3 Å². The van der Waals surface area contributed by atoms with Crippen LogP contribution in [0.3, 0.4) is 0 Å². The van der Waals surface area contributed by atoms with Crippen LogP contribution in [0.1, 0.15) is 17.3 Å². The second-order valence-corrected chi connectivity index (χ2v) is 4.92. The van der Waals surface area contributed by atoms with Crippen molar-refractivity contribution in [3.05, 3.63) is 22.3 Å². The Balaban J connectivity index is 2.72. The minimum absolute atomic E-state index is 0.00378. The summed E-state index contributed by atoms with van der Waals surface area (Å²) in [5.41, 5.74) is -0.00378. The van der Waals surface area contributed by atoms with Crippen LogP contribution in [0.2, 0.25) is 0 Å². The molecule has 1 unspecified atom stereocenters. The zero-order valence-electron chi connectivity index (χ0n) is 11.1. The fourth-order valence-corrected chi connectivity index (χ4v) is 1.75. The van der Waals surface area contributed by atoms with E-state index in [9.17, 15) is 9.59 Å². The van der Waals surface area contributed by atoms with Gasteiger partial charge in [-0.15, -0.1) is 0 Å². The number of aromatic nitrogens is 1. The van der Waals surface area contributed by atoms with E-state index in [2.05, 4.69) is 31.5 Å². The molecule has 1 aromatic rings. The predicted octanol–water partition coefficient (Wildman–Crippen LogP) is 1.11. The Kier molecular flexibility index (Phi) is 6.40. The second-order valence-electron chi connectivity index (χ2n) is 4.00. The average Bonchev–Trinajstić information content (AvgIpc) is 2.40. The quantitative estimate of drug-likeness (QED) is 0.640. The zero-order valence-corrected chi connectivity index (χ0v) is 12.7. The van der Waals surface area contributed by atoms with Crippen LogP contribution in [0.5, 0.6) is 0 Å². The third-order valence-corrected chi connectivity index (χ3v) is 2.87. The summed E-state index contributed by atoms with van der Waals surface area (Å²) in [6.07, 6.45) is 1.46. The molecule has 0 bridgehead atoms. The van der Waals surface area contributed by atoms with Crippen LogP contribution in [-0.2, 0) is 9.53 Å². The number of nitrogens with zero attached hydrogens (tertiary/aromatic N) is 1. The highest BCUT2D eigenvalue weighted by molar-refractivity contribution is 9.10. The number of carbonyl (C=O) groups is 2. The number of carbonyl (C=O) groups excluding carboxylic acids is 1. The van der Waals surface area contributed by atoms with Gasteiger partial charge in [0.25, 0.3) is 0 Å². The largest absolute Gasteiger partial charge is 0.478 e. The fourth-order valence-electron chi connectivity index (χ4n) is 1.42. The molecule has 1 aromatic heterocycles. The standard InChI is InChI=1S/C12H16BrN3O4/c1-7(11(17)14-3-4-20-2)16-10-9(12(18)19)5-8(13)6-15-10/h5-7H,3-4H2,1-2H3,(H,14,17)(H,15,16)(H,18,19). The van der Waals surface area contributed by atoms with Gasteiger partial charge in [0.15, 0.2) is 0 Å². The molecule has 1 amide bonds. The number of aromatic carboxylic acids is 1. The van der Waals surface area contributed by atoms with Crippen molar-refractivity contribution in [3.8, 4) is 0 Å². The first-order chi connectivity index (χ1) is 9.45. The van der Waals surface area contributed by atoms with E-state index in [4.69, 9.17) is 9.84 Å². The average molecular weight is 346 g/mol. The second kappa shape index (κ2) is 7.81. The first-order valence-corrected chi connectivity index (χ1v) is 6.67. The summed E-state index contributed by atoms with van der Waals surface area (Å²) in [7, 11) is 1.54. The number of hydrogen-bond acceptors (Lipinski definition) is 5. The lowest BCUT2D eigenvalue weighted by Gasteiger charge is -2.16. The lowest BCUT2D eigenvalue weighted by Crippen LogP contribution is -2.39. The molecule has 7 nitrogen and oxygen atoms in total. The normalized spacial score (nSPS) is 11.8. The lowest BCUT2D eigenvalue weighted by atomic mass is 10.2. The molecule has 0 spiro atoms. The maximum Gasteiger partial charge on any atom is 0.339 e. The molecule has 0 saturated carbocycles. The molecule has 0 aliphatic carbocycles. The van der Waals surface area contributed by atoms with Crippen LogP contribution < -0.4 is 10.6 Å². The van der Waals surface area contributed by atoms with Crippen molar-refractivity contribution in [1.82, 2.24) is 10.3 Å². The van der Waals surface area contributed by atoms with Gasteiger partial charge in [-0.2, -0.15) is 0 Å². The van der Waals surface area contributed by atoms with Crippen LogP contribution in [0, 0.1) is 0 Å². The SMILES string of the molecule is COCCNC(=O)C(C)Nc1ncc(Br)cc1C(=O)O. The molecule has 0 aromatic carbocycles. The minimum Gasteiger partial charge on any atom is -0.478 e. The zero-order chi connectivity index (χ0) is 15.1. The van der Waals surface area contributed by atoms with Gasteiger partial charge in [-0.05, 0) is 28.9 Å². The first kappa shape index (κ1) is 16.4. The van der Waals surface area contributed by atoms with E-state index in [1.54, 1.807) is 14.0 Å². The lowest BCUT2D eigenvalue weighted by molar-refractivity contribution is -0.121. The van der Waals surface area contributed by atoms with Crippen LogP contribution >= 0.6 is 15.9 Å². The van der Waals surface area contributed by atoms with Gasteiger partial charge in [0.2, 0.25) is 5.91 Å². The number of ether oxygens (including phenoxy) is 1. The Morgan fingerprint density at radius 1 is 1.55 bits per heavy atom. The molecule has 0 aliphatic heterocycles. The summed E-state index contributed by atoms with van der Waals surface area (Å²) in [4.78, 5) is 26.8. The summed E-state index contributed by atoms with van der Waals surface area (Å²) in [6, 6.07) is 0.811. The van der Waals surface area contributed by atoms with Crippen molar-refractivity contribution in [2.24, 2.45) is 0 Å². The Morgan fingerprint density at radius 3 is 2.85 bits per heavy atom. The number of carboxylic acid groups (broad SMARTS) is 1. The van der Waals surface area contributed by atoms with Gasteiger partial charge in [-0.1, -0.05) is 0 Å². The van der Waals surface area contributed by atoms with E-state index >= 15 is 0 Å². The van der Waals surface area contributed by atoms with E-state index in [0.717, 1.165) is 0 Å². The number of amides is 1. The molecule has 0 radical (unpaired) electrons. The third-order valence-electron chi connectivity index (χ3n) is 2.44. The summed E-state index contributed by atoms with van der Waals surface area (Å²) >= 11 is 3.16.